The molecule has 7 heteroatoms. The molecule has 2 aliphatic heterocycles. The highest BCUT2D eigenvalue weighted by Gasteiger charge is 2.50. The Kier molecular flexibility index (Phi) is 7.39. The molecule has 1 aromatic carbocycles. The van der Waals surface area contributed by atoms with Crippen molar-refractivity contribution in [2.24, 2.45) is 0 Å². The van der Waals surface area contributed by atoms with Crippen molar-refractivity contribution in [3.8, 4) is 5.75 Å². The lowest BCUT2D eigenvalue weighted by Gasteiger charge is -2.57. The minimum Gasteiger partial charge on any atom is -0.497 e. The fourth-order valence-electron chi connectivity index (χ4n) is 4.10. The van der Waals surface area contributed by atoms with Crippen LogP contribution in [0.25, 0.3) is 10.9 Å². The van der Waals surface area contributed by atoms with Gasteiger partial charge in [0.1, 0.15) is 5.75 Å². The summed E-state index contributed by atoms with van der Waals surface area (Å²) in [6, 6.07) is 5.81. The average molecular weight is 417 g/mol. The lowest BCUT2D eigenvalue weighted by Crippen LogP contribution is -2.71. The number of carbonyl (C=O) groups is 1. The van der Waals surface area contributed by atoms with Gasteiger partial charge in [0.2, 0.25) is 0 Å². The number of aromatic nitrogens is 1. The molecule has 7 nitrogen and oxygen atoms in total. The maximum atomic E-state index is 12.9. The number of hydrogen-bond donors (Lipinski definition) is 1. The van der Waals surface area contributed by atoms with Gasteiger partial charge < -0.3 is 19.7 Å². The predicted octanol–water partition coefficient (Wildman–Crippen LogP) is 2.81. The van der Waals surface area contributed by atoms with Gasteiger partial charge in [-0.05, 0) is 50.7 Å². The van der Waals surface area contributed by atoms with E-state index >= 15 is 0 Å². The minimum atomic E-state index is -0.0781. The average Bonchev–Trinajstić information content (AvgIpc) is 3.07. The predicted molar refractivity (Wildman–Crippen MR) is 121 cm³/mol. The van der Waals surface area contributed by atoms with Crippen molar-refractivity contribution in [3.63, 3.8) is 0 Å². The Labute approximate surface area is 179 Å². The molecule has 4 rings (SSSR count). The van der Waals surface area contributed by atoms with E-state index in [1.54, 1.807) is 11.7 Å². The fourth-order valence-corrected chi connectivity index (χ4v) is 4.10. The molecular weight excluding hydrogens is 380 g/mol. The molecule has 2 aromatic rings. The summed E-state index contributed by atoms with van der Waals surface area (Å²) in [7, 11) is 5.78. The van der Waals surface area contributed by atoms with Crippen LogP contribution in [0, 0.1) is 0 Å². The SMILES string of the molecule is CC.COc1ccc2c(c1)c(CCN(C)C)cn2C(=O)NCCN1CCC12COC2. The van der Waals surface area contributed by atoms with Crippen molar-refractivity contribution >= 4 is 16.9 Å². The van der Waals surface area contributed by atoms with Crippen molar-refractivity contribution in [2.75, 3.05) is 60.6 Å². The third-order valence-corrected chi connectivity index (χ3v) is 6.06. The van der Waals surface area contributed by atoms with Gasteiger partial charge in [0, 0.05) is 37.8 Å². The van der Waals surface area contributed by atoms with Gasteiger partial charge in [0.15, 0.2) is 0 Å². The standard InChI is InChI=1S/C21H30N4O3.C2H6/c1-23(2)9-6-16-13-25(19-5-4-17(27-3)12-18(16)19)20(26)22-8-11-24-10-7-21(24)14-28-15-21;1-2/h4-5,12-13H,6-11,14-15H2,1-3H3,(H,22,26);1-2H3. The summed E-state index contributed by atoms with van der Waals surface area (Å²) in [5.74, 6) is 0.808. The summed E-state index contributed by atoms with van der Waals surface area (Å²) >= 11 is 0. The van der Waals surface area contributed by atoms with E-state index in [1.165, 1.54) is 6.42 Å². The number of likely N-dealkylation sites (N-methyl/N-ethyl adjacent to an activating group) is 1. The molecule has 0 aliphatic carbocycles. The summed E-state index contributed by atoms with van der Waals surface area (Å²) in [4.78, 5) is 17.4. The molecule has 1 amide bonds. The van der Waals surface area contributed by atoms with Gasteiger partial charge >= 0.3 is 6.03 Å². The van der Waals surface area contributed by atoms with Crippen LogP contribution in [0.2, 0.25) is 0 Å². The Morgan fingerprint density at radius 2 is 2.07 bits per heavy atom. The minimum absolute atomic E-state index is 0.0781. The van der Waals surface area contributed by atoms with Crippen LogP contribution in [0.4, 0.5) is 4.79 Å². The zero-order chi connectivity index (χ0) is 21.7. The summed E-state index contributed by atoms with van der Waals surface area (Å²) in [5, 5.41) is 4.16. The van der Waals surface area contributed by atoms with Crippen LogP contribution in [0.5, 0.6) is 5.75 Å². The summed E-state index contributed by atoms with van der Waals surface area (Å²) in [6.45, 7) is 9.21. The highest BCUT2D eigenvalue weighted by Crippen LogP contribution is 2.36. The third-order valence-electron chi connectivity index (χ3n) is 6.06. The zero-order valence-electron chi connectivity index (χ0n) is 19.0. The maximum absolute atomic E-state index is 12.9. The number of carbonyl (C=O) groups excluding carboxylic acids is 1. The normalized spacial score (nSPS) is 17.3. The Morgan fingerprint density at radius 1 is 1.30 bits per heavy atom. The third kappa shape index (κ3) is 4.48. The van der Waals surface area contributed by atoms with E-state index in [9.17, 15) is 4.79 Å². The number of hydrogen-bond acceptors (Lipinski definition) is 5. The zero-order valence-corrected chi connectivity index (χ0v) is 19.0. The first-order valence-electron chi connectivity index (χ1n) is 11.0. The van der Waals surface area contributed by atoms with E-state index < -0.39 is 0 Å². The van der Waals surface area contributed by atoms with Gasteiger partial charge in [-0.15, -0.1) is 0 Å². The number of nitrogens with one attached hydrogen (secondary N) is 1. The van der Waals surface area contributed by atoms with Crippen molar-refractivity contribution in [2.45, 2.75) is 32.2 Å². The molecule has 1 N–H and O–H groups in total. The molecule has 0 saturated carbocycles. The molecule has 30 heavy (non-hydrogen) atoms. The van der Waals surface area contributed by atoms with Crippen molar-refractivity contribution < 1.29 is 14.3 Å². The van der Waals surface area contributed by atoms with Crippen LogP contribution < -0.4 is 10.1 Å². The Morgan fingerprint density at radius 3 is 2.63 bits per heavy atom. The molecule has 2 fully saturated rings. The van der Waals surface area contributed by atoms with Gasteiger partial charge in [0.05, 0.1) is 31.4 Å². The first-order chi connectivity index (χ1) is 14.5. The highest BCUT2D eigenvalue weighted by atomic mass is 16.5. The second-order valence-electron chi connectivity index (χ2n) is 8.15. The molecule has 1 spiro atoms. The van der Waals surface area contributed by atoms with Gasteiger partial charge in [-0.3, -0.25) is 9.47 Å². The van der Waals surface area contributed by atoms with Crippen LogP contribution >= 0.6 is 0 Å². The van der Waals surface area contributed by atoms with Crippen LogP contribution in [-0.2, 0) is 11.2 Å². The summed E-state index contributed by atoms with van der Waals surface area (Å²) in [5.41, 5.74) is 2.34. The number of rotatable bonds is 7. The second kappa shape index (κ2) is 9.81. The van der Waals surface area contributed by atoms with Crippen LogP contribution in [-0.4, -0.2) is 86.5 Å². The van der Waals surface area contributed by atoms with E-state index in [-0.39, 0.29) is 11.6 Å². The first-order valence-corrected chi connectivity index (χ1v) is 11.0. The molecule has 0 radical (unpaired) electrons. The monoisotopic (exact) mass is 416 g/mol. The highest BCUT2D eigenvalue weighted by molar-refractivity contribution is 5.94. The number of likely N-dealkylation sites (tertiary alicyclic amines) is 1. The lowest BCUT2D eigenvalue weighted by molar-refractivity contribution is -0.191. The molecule has 0 bridgehead atoms. The number of methoxy groups -OCH3 is 1. The second-order valence-corrected chi connectivity index (χ2v) is 8.15. The van der Waals surface area contributed by atoms with E-state index in [0.29, 0.717) is 6.54 Å². The van der Waals surface area contributed by atoms with Gasteiger partial charge in [-0.2, -0.15) is 0 Å². The molecule has 1 aromatic heterocycles. The van der Waals surface area contributed by atoms with E-state index in [4.69, 9.17) is 9.47 Å². The first kappa shape index (κ1) is 22.6. The Hall–Kier alpha value is -2.09. The molecular formula is C23H36N4O3. The van der Waals surface area contributed by atoms with Crippen LogP contribution in [0.3, 0.4) is 0 Å². The maximum Gasteiger partial charge on any atom is 0.326 e. The van der Waals surface area contributed by atoms with Crippen LogP contribution in [0.1, 0.15) is 25.8 Å². The van der Waals surface area contributed by atoms with E-state index in [2.05, 4.69) is 29.2 Å². The van der Waals surface area contributed by atoms with Crippen molar-refractivity contribution in [1.82, 2.24) is 19.7 Å². The largest absolute Gasteiger partial charge is 0.497 e. The van der Waals surface area contributed by atoms with Crippen molar-refractivity contribution in [1.29, 1.82) is 0 Å². The number of fused-ring (bicyclic) bond motifs is 1. The topological polar surface area (TPSA) is 59.0 Å². The van der Waals surface area contributed by atoms with Gasteiger partial charge in [-0.1, -0.05) is 13.8 Å². The molecule has 2 saturated heterocycles. The van der Waals surface area contributed by atoms with Gasteiger partial charge in [-0.25, -0.2) is 4.79 Å². The van der Waals surface area contributed by atoms with E-state index in [0.717, 1.165) is 61.5 Å². The van der Waals surface area contributed by atoms with Crippen LogP contribution in [0.15, 0.2) is 24.4 Å². The number of benzene rings is 1. The lowest BCUT2D eigenvalue weighted by atomic mass is 9.83. The number of amides is 1. The number of ether oxygens (including phenoxy) is 2. The molecule has 166 valence electrons. The molecule has 0 unspecified atom stereocenters. The van der Waals surface area contributed by atoms with Crippen molar-refractivity contribution in [3.05, 3.63) is 30.0 Å². The van der Waals surface area contributed by atoms with Gasteiger partial charge in [0.25, 0.3) is 0 Å². The number of nitrogens with zero attached hydrogens (tertiary/aromatic N) is 3. The molecule has 2 aliphatic rings. The molecule has 0 atom stereocenters. The summed E-state index contributed by atoms with van der Waals surface area (Å²) < 4.78 is 12.5. The fraction of sp³-hybridized carbons (Fsp3) is 0.609. The Balaban J connectivity index is 0.00000124. The molecule has 3 heterocycles. The Bertz CT molecular complexity index is 852. The smallest absolute Gasteiger partial charge is 0.326 e. The quantitative estimate of drug-likeness (QED) is 0.752. The van der Waals surface area contributed by atoms with E-state index in [1.807, 2.05) is 38.2 Å². The summed E-state index contributed by atoms with van der Waals surface area (Å²) in [6.07, 6.45) is 4.06.